The van der Waals surface area contributed by atoms with Crippen molar-refractivity contribution in [1.29, 1.82) is 0 Å². The fourth-order valence-corrected chi connectivity index (χ4v) is 3.98. The zero-order valence-corrected chi connectivity index (χ0v) is 18.7. The van der Waals surface area contributed by atoms with Crippen molar-refractivity contribution in [3.05, 3.63) is 64.6 Å². The van der Waals surface area contributed by atoms with E-state index in [1.54, 1.807) is 18.2 Å². The van der Waals surface area contributed by atoms with Gasteiger partial charge < -0.3 is 16.6 Å². The van der Waals surface area contributed by atoms with E-state index in [1.165, 1.54) is 0 Å². The second kappa shape index (κ2) is 9.94. The smallest absolute Gasteiger partial charge is 0.152 e. The summed E-state index contributed by atoms with van der Waals surface area (Å²) in [6, 6.07) is 12.7. The number of aromatic hydroxyl groups is 1. The van der Waals surface area contributed by atoms with E-state index in [-0.39, 0.29) is 36.5 Å². The summed E-state index contributed by atoms with van der Waals surface area (Å²) in [6.45, 7) is 0. The molecule has 1 aliphatic rings. The van der Waals surface area contributed by atoms with Crippen LogP contribution in [-0.4, -0.2) is 20.7 Å². The van der Waals surface area contributed by atoms with Gasteiger partial charge in [0.2, 0.25) is 0 Å². The number of rotatable bonds is 3. The molecule has 1 fully saturated rings. The van der Waals surface area contributed by atoms with Gasteiger partial charge in [-0.15, -0.1) is 24.8 Å². The summed E-state index contributed by atoms with van der Waals surface area (Å²) in [4.78, 5) is 9.43. The van der Waals surface area contributed by atoms with Crippen molar-refractivity contribution in [3.63, 3.8) is 0 Å². The van der Waals surface area contributed by atoms with Crippen molar-refractivity contribution in [2.24, 2.45) is 11.5 Å². The van der Waals surface area contributed by atoms with Gasteiger partial charge >= 0.3 is 0 Å². The lowest BCUT2D eigenvalue weighted by Crippen LogP contribution is -2.56. The Morgan fingerprint density at radius 1 is 1.00 bits per heavy atom. The van der Waals surface area contributed by atoms with Crippen LogP contribution in [0.5, 0.6) is 5.75 Å². The molecule has 0 amide bonds. The van der Waals surface area contributed by atoms with Crippen LogP contribution in [0.25, 0.3) is 23.1 Å². The summed E-state index contributed by atoms with van der Waals surface area (Å²) in [6.07, 6.45) is 7.51. The molecule has 0 bridgehead atoms. The molecular formula is C22H25Cl3N4O. The van der Waals surface area contributed by atoms with E-state index in [1.807, 2.05) is 36.4 Å². The average Bonchev–Trinajstić information content (AvgIpc) is 2.67. The first-order valence-corrected chi connectivity index (χ1v) is 9.82. The van der Waals surface area contributed by atoms with Crippen LogP contribution in [0, 0.1) is 0 Å². The monoisotopic (exact) mass is 466 g/mol. The number of benzene rings is 2. The summed E-state index contributed by atoms with van der Waals surface area (Å²) in [5.41, 5.74) is 14.6. The molecule has 1 aromatic heterocycles. The Balaban J connectivity index is 0.00000160. The molecule has 0 saturated heterocycles. The maximum Gasteiger partial charge on any atom is 0.152 e. The molecule has 3 aromatic rings. The Labute approximate surface area is 193 Å². The Morgan fingerprint density at radius 2 is 1.73 bits per heavy atom. The van der Waals surface area contributed by atoms with E-state index in [0.29, 0.717) is 10.8 Å². The third-order valence-corrected chi connectivity index (χ3v) is 5.60. The molecule has 0 aliphatic heterocycles. The van der Waals surface area contributed by atoms with Gasteiger partial charge in [0.1, 0.15) is 5.75 Å². The van der Waals surface area contributed by atoms with Gasteiger partial charge in [-0.05, 0) is 54.8 Å². The van der Waals surface area contributed by atoms with E-state index in [2.05, 4.69) is 4.98 Å². The molecule has 4 rings (SSSR count). The molecule has 0 spiro atoms. The number of hydrogen-bond acceptors (Lipinski definition) is 5. The third-order valence-electron chi connectivity index (χ3n) is 5.35. The molecule has 1 unspecified atom stereocenters. The Morgan fingerprint density at radius 3 is 2.43 bits per heavy atom. The number of nitrogens with two attached hydrogens (primary N) is 2. The molecule has 5 N–H and O–H groups in total. The van der Waals surface area contributed by atoms with E-state index < -0.39 is 5.66 Å². The van der Waals surface area contributed by atoms with Crippen LogP contribution < -0.4 is 11.5 Å². The van der Waals surface area contributed by atoms with Crippen LogP contribution in [0.4, 0.5) is 0 Å². The van der Waals surface area contributed by atoms with E-state index in [4.69, 9.17) is 28.1 Å². The maximum absolute atomic E-state index is 9.98. The predicted molar refractivity (Wildman–Crippen MR) is 128 cm³/mol. The highest BCUT2D eigenvalue weighted by Gasteiger charge is 2.36. The van der Waals surface area contributed by atoms with Crippen molar-refractivity contribution in [1.82, 2.24) is 9.97 Å². The van der Waals surface area contributed by atoms with Crippen LogP contribution in [0.1, 0.15) is 48.7 Å². The number of nitrogens with zero attached hydrogens (tertiary/aromatic N) is 2. The van der Waals surface area contributed by atoms with Crippen molar-refractivity contribution >= 4 is 59.5 Å². The Kier molecular flexibility index (Phi) is 8.08. The second-order valence-electron chi connectivity index (χ2n) is 7.46. The predicted octanol–water partition coefficient (Wildman–Crippen LogP) is 5.27. The maximum atomic E-state index is 9.98. The molecule has 8 heteroatoms. The van der Waals surface area contributed by atoms with Crippen molar-refractivity contribution in [2.75, 3.05) is 0 Å². The van der Waals surface area contributed by atoms with Gasteiger partial charge in [0.05, 0.1) is 16.9 Å². The SMILES string of the molecule is Cl.Cl.NC1(N)CCCCC1c1nc(C=Cc2ccc(Cl)cc2)nc2ccc(O)cc12. The standard InChI is InChI=1S/C22H23ClN4O.2ClH/c23-15-7-4-14(5-8-15)6-11-20-26-19-10-9-16(28)13-17(19)21(27-20)18-3-1-2-12-22(18,24)25;;/h4-11,13,18,28H,1-3,12,24-25H2;2*1H. The van der Waals surface area contributed by atoms with Crippen LogP contribution in [-0.2, 0) is 0 Å². The van der Waals surface area contributed by atoms with Gasteiger partial charge in [0, 0.05) is 16.3 Å². The zero-order chi connectivity index (χ0) is 19.7. The summed E-state index contributed by atoms with van der Waals surface area (Å²) >= 11 is 5.95. The minimum absolute atomic E-state index is 0. The average molecular weight is 468 g/mol. The number of phenolic OH excluding ortho intramolecular Hbond substituents is 1. The van der Waals surface area contributed by atoms with Gasteiger partial charge in [-0.3, -0.25) is 0 Å². The van der Waals surface area contributed by atoms with E-state index in [9.17, 15) is 5.11 Å². The van der Waals surface area contributed by atoms with Gasteiger partial charge in [-0.1, -0.05) is 42.7 Å². The van der Waals surface area contributed by atoms with Crippen LogP contribution in [0.3, 0.4) is 0 Å². The fraction of sp³-hybridized carbons (Fsp3) is 0.273. The lowest BCUT2D eigenvalue weighted by atomic mass is 9.77. The van der Waals surface area contributed by atoms with Gasteiger partial charge in [-0.25, -0.2) is 9.97 Å². The van der Waals surface area contributed by atoms with Crippen LogP contribution in [0.2, 0.25) is 5.02 Å². The number of halogens is 3. The summed E-state index contributed by atoms with van der Waals surface area (Å²) < 4.78 is 0. The van der Waals surface area contributed by atoms with Crippen LogP contribution >= 0.6 is 36.4 Å². The van der Waals surface area contributed by atoms with E-state index >= 15 is 0 Å². The van der Waals surface area contributed by atoms with Gasteiger partial charge in [0.25, 0.3) is 0 Å². The largest absolute Gasteiger partial charge is 0.508 e. The molecule has 2 aromatic carbocycles. The van der Waals surface area contributed by atoms with Crippen LogP contribution in [0.15, 0.2) is 42.5 Å². The molecule has 30 heavy (non-hydrogen) atoms. The minimum atomic E-state index is -0.817. The number of aromatic nitrogens is 2. The van der Waals surface area contributed by atoms with Gasteiger partial charge in [-0.2, -0.15) is 0 Å². The summed E-state index contributed by atoms with van der Waals surface area (Å²) in [7, 11) is 0. The number of fused-ring (bicyclic) bond motifs is 1. The molecule has 1 heterocycles. The lowest BCUT2D eigenvalue weighted by Gasteiger charge is -2.38. The quantitative estimate of drug-likeness (QED) is 0.456. The third kappa shape index (κ3) is 5.23. The van der Waals surface area contributed by atoms with Crippen molar-refractivity contribution in [3.8, 4) is 5.75 Å². The molecule has 5 nitrogen and oxygen atoms in total. The topological polar surface area (TPSA) is 98.1 Å². The highest BCUT2D eigenvalue weighted by molar-refractivity contribution is 6.30. The zero-order valence-electron chi connectivity index (χ0n) is 16.3. The second-order valence-corrected chi connectivity index (χ2v) is 7.90. The Bertz CT molecular complexity index is 1040. The molecule has 160 valence electrons. The number of phenols is 1. The molecule has 1 aliphatic carbocycles. The first-order chi connectivity index (χ1) is 13.4. The fourth-order valence-electron chi connectivity index (χ4n) is 3.86. The first kappa shape index (κ1) is 24.4. The van der Waals surface area contributed by atoms with Gasteiger partial charge in [0.15, 0.2) is 5.82 Å². The Hall–Kier alpha value is -1.89. The lowest BCUT2D eigenvalue weighted by molar-refractivity contribution is 0.256. The van der Waals surface area contributed by atoms with Crippen molar-refractivity contribution < 1.29 is 5.11 Å². The minimum Gasteiger partial charge on any atom is -0.508 e. The summed E-state index contributed by atoms with van der Waals surface area (Å²) in [5, 5.41) is 11.5. The highest BCUT2D eigenvalue weighted by Crippen LogP contribution is 2.39. The molecular weight excluding hydrogens is 443 g/mol. The molecule has 1 saturated carbocycles. The van der Waals surface area contributed by atoms with Crippen molar-refractivity contribution in [2.45, 2.75) is 37.3 Å². The highest BCUT2D eigenvalue weighted by atomic mass is 35.5. The van der Waals surface area contributed by atoms with E-state index in [0.717, 1.165) is 47.8 Å². The number of hydrogen-bond donors (Lipinski definition) is 3. The first-order valence-electron chi connectivity index (χ1n) is 9.44. The normalized spacial score (nSPS) is 18.0. The summed E-state index contributed by atoms with van der Waals surface area (Å²) in [5.74, 6) is 0.679. The molecule has 1 atom stereocenters. The molecule has 0 radical (unpaired) electrons.